The second kappa shape index (κ2) is 14.0. The number of fused-ring (bicyclic) bond motifs is 4. The largest absolute Gasteiger partial charge is 0.309 e. The van der Waals surface area contributed by atoms with Crippen LogP contribution in [0.1, 0.15) is 0 Å². The van der Waals surface area contributed by atoms with Crippen molar-refractivity contribution < 1.29 is 0 Å². The average molecular weight is 700 g/mol. The van der Waals surface area contributed by atoms with Gasteiger partial charge >= 0.3 is 0 Å². The van der Waals surface area contributed by atoms with Crippen molar-refractivity contribution in [3.63, 3.8) is 0 Å². The van der Waals surface area contributed by atoms with Crippen LogP contribution in [0.5, 0.6) is 0 Å². The molecule has 0 heterocycles. The Kier molecular flexibility index (Phi) is 8.24. The molecule has 10 aromatic rings. The van der Waals surface area contributed by atoms with Crippen molar-refractivity contribution in [2.24, 2.45) is 0 Å². The Labute approximate surface area is 322 Å². The molecule has 10 aromatic carbocycles. The smallest absolute Gasteiger partial charge is 0.0624 e. The lowest BCUT2D eigenvalue weighted by atomic mass is 9.88. The lowest BCUT2D eigenvalue weighted by Gasteiger charge is -2.31. The zero-order chi connectivity index (χ0) is 36.6. The van der Waals surface area contributed by atoms with Gasteiger partial charge in [-0.2, -0.15) is 0 Å². The molecule has 0 aliphatic rings. The maximum Gasteiger partial charge on any atom is 0.0624 e. The van der Waals surface area contributed by atoms with E-state index in [4.69, 9.17) is 0 Å². The third-order valence-electron chi connectivity index (χ3n) is 10.8. The molecular formula is C54H37N. The van der Waals surface area contributed by atoms with Gasteiger partial charge < -0.3 is 4.90 Å². The van der Waals surface area contributed by atoms with Crippen LogP contribution in [0.2, 0.25) is 0 Å². The molecule has 0 N–H and O–H groups in total. The van der Waals surface area contributed by atoms with Gasteiger partial charge in [-0.3, -0.25) is 0 Å². The molecule has 0 atom stereocenters. The molecule has 0 aliphatic heterocycles. The number of nitrogens with zero attached hydrogens (tertiary/aromatic N) is 1. The Morgan fingerprint density at radius 2 is 0.727 bits per heavy atom. The molecular weight excluding hydrogens is 663 g/mol. The summed E-state index contributed by atoms with van der Waals surface area (Å²) < 4.78 is 0. The van der Waals surface area contributed by atoms with Crippen LogP contribution in [0.15, 0.2) is 224 Å². The molecule has 0 unspecified atom stereocenters. The number of hydrogen-bond acceptors (Lipinski definition) is 1. The van der Waals surface area contributed by atoms with Crippen LogP contribution in [0.3, 0.4) is 0 Å². The van der Waals surface area contributed by atoms with Crippen molar-refractivity contribution in [1.29, 1.82) is 0 Å². The summed E-state index contributed by atoms with van der Waals surface area (Å²) in [5.74, 6) is 0. The topological polar surface area (TPSA) is 3.24 Å². The van der Waals surface area contributed by atoms with Crippen molar-refractivity contribution >= 4 is 49.4 Å². The standard InChI is InChI=1S/C54H37N/c1-4-16-38(17-5-1)40-30-32-45(33-31-40)55(46-34-35-47(41-19-6-2-7-20-41)52(37-46)42-21-8-3-9-22-42)54-51-27-15-13-25-49(51)48-24-12-14-26-50(48)53(54)44-29-28-39-18-10-11-23-43(39)36-44/h1-37H. The Morgan fingerprint density at radius 3 is 1.40 bits per heavy atom. The van der Waals surface area contributed by atoms with Gasteiger partial charge in [0.15, 0.2) is 0 Å². The van der Waals surface area contributed by atoms with Gasteiger partial charge in [-0.25, -0.2) is 0 Å². The highest BCUT2D eigenvalue weighted by Crippen LogP contribution is 2.51. The number of hydrogen-bond donors (Lipinski definition) is 0. The second-order valence-electron chi connectivity index (χ2n) is 14.1. The molecule has 258 valence electrons. The van der Waals surface area contributed by atoms with E-state index in [-0.39, 0.29) is 0 Å². The Morgan fingerprint density at radius 1 is 0.255 bits per heavy atom. The van der Waals surface area contributed by atoms with Crippen molar-refractivity contribution in [2.45, 2.75) is 0 Å². The fourth-order valence-electron chi connectivity index (χ4n) is 8.23. The van der Waals surface area contributed by atoms with E-state index >= 15 is 0 Å². The van der Waals surface area contributed by atoms with E-state index in [1.54, 1.807) is 0 Å². The Hall–Kier alpha value is -7.22. The van der Waals surface area contributed by atoms with Crippen molar-refractivity contribution in [3.8, 4) is 44.5 Å². The van der Waals surface area contributed by atoms with Crippen molar-refractivity contribution in [3.05, 3.63) is 224 Å². The lowest BCUT2D eigenvalue weighted by molar-refractivity contribution is 1.30. The summed E-state index contributed by atoms with van der Waals surface area (Å²) in [6, 6.07) is 81.6. The van der Waals surface area contributed by atoms with Gasteiger partial charge in [-0.15, -0.1) is 0 Å². The van der Waals surface area contributed by atoms with E-state index in [0.29, 0.717) is 0 Å². The third-order valence-corrected chi connectivity index (χ3v) is 10.8. The predicted octanol–water partition coefficient (Wildman–Crippen LogP) is 15.3. The molecule has 0 spiro atoms. The van der Waals surface area contributed by atoms with Crippen LogP contribution in [0.25, 0.3) is 76.8 Å². The zero-order valence-electron chi connectivity index (χ0n) is 30.3. The first-order chi connectivity index (χ1) is 27.3. The second-order valence-corrected chi connectivity index (χ2v) is 14.1. The summed E-state index contributed by atoms with van der Waals surface area (Å²) in [4.78, 5) is 2.50. The van der Waals surface area contributed by atoms with Gasteiger partial charge in [0.25, 0.3) is 0 Å². The minimum atomic E-state index is 1.09. The minimum Gasteiger partial charge on any atom is -0.309 e. The molecule has 10 rings (SSSR count). The SMILES string of the molecule is c1ccc(-c2ccc(N(c3ccc(-c4ccccc4)c(-c4ccccc4)c3)c3c(-c4ccc5ccccc5c4)c4ccccc4c4ccccc34)cc2)cc1. The normalized spacial score (nSPS) is 11.3. The summed E-state index contributed by atoms with van der Waals surface area (Å²) in [5, 5.41) is 7.35. The molecule has 0 aromatic heterocycles. The number of benzene rings is 10. The van der Waals surface area contributed by atoms with E-state index in [2.05, 4.69) is 229 Å². The summed E-state index contributed by atoms with van der Waals surface area (Å²) in [6.45, 7) is 0. The number of anilines is 3. The Bertz CT molecular complexity index is 2950. The fourth-order valence-corrected chi connectivity index (χ4v) is 8.23. The number of rotatable bonds is 7. The van der Waals surface area contributed by atoms with E-state index < -0.39 is 0 Å². The van der Waals surface area contributed by atoms with Crippen molar-refractivity contribution in [1.82, 2.24) is 0 Å². The van der Waals surface area contributed by atoms with E-state index in [0.717, 1.165) is 17.1 Å². The van der Waals surface area contributed by atoms with Gasteiger partial charge in [0, 0.05) is 22.3 Å². The first kappa shape index (κ1) is 32.4. The quantitative estimate of drug-likeness (QED) is 0.150. The molecule has 0 aliphatic carbocycles. The highest BCUT2D eigenvalue weighted by Gasteiger charge is 2.25. The van der Waals surface area contributed by atoms with E-state index in [1.807, 2.05) is 0 Å². The molecule has 1 heteroatoms. The van der Waals surface area contributed by atoms with Gasteiger partial charge in [0.2, 0.25) is 0 Å². The first-order valence-corrected chi connectivity index (χ1v) is 18.9. The molecule has 0 bridgehead atoms. The molecule has 1 nitrogen and oxygen atoms in total. The van der Waals surface area contributed by atoms with Crippen LogP contribution in [0, 0.1) is 0 Å². The highest BCUT2D eigenvalue weighted by molar-refractivity contribution is 6.23. The highest BCUT2D eigenvalue weighted by atomic mass is 15.1. The molecule has 0 saturated heterocycles. The fraction of sp³-hybridized carbons (Fsp3) is 0. The van der Waals surface area contributed by atoms with Crippen LogP contribution >= 0.6 is 0 Å². The van der Waals surface area contributed by atoms with Crippen LogP contribution < -0.4 is 4.90 Å². The maximum absolute atomic E-state index is 2.50. The van der Waals surface area contributed by atoms with Gasteiger partial charge in [-0.1, -0.05) is 194 Å². The molecule has 55 heavy (non-hydrogen) atoms. The van der Waals surface area contributed by atoms with Gasteiger partial charge in [0.1, 0.15) is 0 Å². The molecule has 0 amide bonds. The Balaban J connectivity index is 1.31. The lowest BCUT2D eigenvalue weighted by Crippen LogP contribution is -2.13. The minimum absolute atomic E-state index is 1.09. The van der Waals surface area contributed by atoms with Crippen LogP contribution in [-0.4, -0.2) is 0 Å². The maximum atomic E-state index is 2.50. The summed E-state index contributed by atoms with van der Waals surface area (Å²) in [5.41, 5.74) is 12.9. The monoisotopic (exact) mass is 699 g/mol. The van der Waals surface area contributed by atoms with Crippen LogP contribution in [-0.2, 0) is 0 Å². The zero-order valence-corrected chi connectivity index (χ0v) is 30.3. The average Bonchev–Trinajstić information content (AvgIpc) is 3.27. The van der Waals surface area contributed by atoms with Gasteiger partial charge in [-0.05, 0) is 96.2 Å². The molecule has 0 radical (unpaired) electrons. The van der Waals surface area contributed by atoms with Crippen molar-refractivity contribution in [2.75, 3.05) is 4.90 Å². The van der Waals surface area contributed by atoms with E-state index in [9.17, 15) is 0 Å². The summed E-state index contributed by atoms with van der Waals surface area (Å²) in [6.07, 6.45) is 0. The predicted molar refractivity (Wildman–Crippen MR) is 235 cm³/mol. The summed E-state index contributed by atoms with van der Waals surface area (Å²) >= 11 is 0. The third kappa shape index (κ3) is 5.93. The molecule has 0 saturated carbocycles. The van der Waals surface area contributed by atoms with Gasteiger partial charge in [0.05, 0.1) is 5.69 Å². The summed E-state index contributed by atoms with van der Waals surface area (Å²) in [7, 11) is 0. The van der Waals surface area contributed by atoms with E-state index in [1.165, 1.54) is 76.8 Å². The molecule has 0 fully saturated rings. The van der Waals surface area contributed by atoms with Crippen LogP contribution in [0.4, 0.5) is 17.1 Å². The first-order valence-electron chi connectivity index (χ1n) is 18.9.